The number of methoxy groups -OCH3 is 1. The lowest BCUT2D eigenvalue weighted by molar-refractivity contribution is 0.0746. The highest BCUT2D eigenvalue weighted by molar-refractivity contribution is 7.19. The van der Waals surface area contributed by atoms with Crippen LogP contribution in [-0.2, 0) is 12.8 Å². The van der Waals surface area contributed by atoms with E-state index in [1.54, 1.807) is 25.3 Å². The summed E-state index contributed by atoms with van der Waals surface area (Å²) in [6, 6.07) is 12.9. The average molecular weight is 568 g/mol. The number of fused-ring (bicyclic) bond motifs is 3. The topological polar surface area (TPSA) is 58.6 Å². The van der Waals surface area contributed by atoms with Crippen molar-refractivity contribution in [1.82, 2.24) is 14.9 Å². The molecule has 0 N–H and O–H groups in total. The van der Waals surface area contributed by atoms with E-state index in [1.807, 2.05) is 40.5 Å². The standard InChI is InChI=1S/C29H28Cl2N4O2S/c1-17-3-9-21-24(15-17)38-28-25(21)27(32-26(33-28)18-4-7-20(37-2)8-5-18)34-11-13-35(14-12-34)29(36)19-6-10-22(30)23(31)16-19/h4-8,10,16-17H,3,9,11-15H2,1-2H3. The summed E-state index contributed by atoms with van der Waals surface area (Å²) in [7, 11) is 1.67. The predicted molar refractivity (Wildman–Crippen MR) is 155 cm³/mol. The normalized spacial score (nSPS) is 17.5. The van der Waals surface area contributed by atoms with E-state index in [0.29, 0.717) is 47.7 Å². The first-order chi connectivity index (χ1) is 18.4. The van der Waals surface area contributed by atoms with E-state index in [2.05, 4.69) is 11.8 Å². The van der Waals surface area contributed by atoms with Gasteiger partial charge in [0, 0.05) is 42.2 Å². The number of nitrogens with zero attached hydrogens (tertiary/aromatic N) is 4. The van der Waals surface area contributed by atoms with Crippen LogP contribution >= 0.6 is 34.5 Å². The summed E-state index contributed by atoms with van der Waals surface area (Å²) in [5.41, 5.74) is 2.93. The van der Waals surface area contributed by atoms with Gasteiger partial charge in [0.2, 0.25) is 0 Å². The molecule has 9 heteroatoms. The molecule has 6 rings (SSSR count). The third kappa shape index (κ3) is 4.72. The summed E-state index contributed by atoms with van der Waals surface area (Å²) in [6.45, 7) is 4.93. The van der Waals surface area contributed by atoms with Crippen LogP contribution in [0, 0.1) is 5.92 Å². The maximum Gasteiger partial charge on any atom is 0.254 e. The van der Waals surface area contributed by atoms with E-state index in [-0.39, 0.29) is 5.91 Å². The quantitative estimate of drug-likeness (QED) is 0.273. The number of anilines is 1. The van der Waals surface area contributed by atoms with Crippen molar-refractivity contribution in [3.63, 3.8) is 0 Å². The van der Waals surface area contributed by atoms with Crippen molar-refractivity contribution < 1.29 is 9.53 Å². The summed E-state index contributed by atoms with van der Waals surface area (Å²) >= 11 is 14.0. The molecule has 0 radical (unpaired) electrons. The lowest BCUT2D eigenvalue weighted by atomic mass is 9.89. The number of benzene rings is 2. The maximum atomic E-state index is 13.2. The first-order valence-corrected chi connectivity index (χ1v) is 14.4. The fourth-order valence-corrected chi connectivity index (χ4v) is 7.03. The van der Waals surface area contributed by atoms with Gasteiger partial charge in [0.1, 0.15) is 16.4 Å². The Hall–Kier alpha value is -2.87. The smallest absolute Gasteiger partial charge is 0.254 e. The van der Waals surface area contributed by atoms with Crippen molar-refractivity contribution in [3.8, 4) is 17.1 Å². The lowest BCUT2D eigenvalue weighted by Crippen LogP contribution is -2.49. The van der Waals surface area contributed by atoms with Crippen molar-refractivity contribution in [2.75, 3.05) is 38.2 Å². The van der Waals surface area contributed by atoms with Gasteiger partial charge in [-0.25, -0.2) is 9.97 Å². The second kappa shape index (κ2) is 10.4. The van der Waals surface area contributed by atoms with E-state index < -0.39 is 0 Å². The van der Waals surface area contributed by atoms with Crippen molar-refractivity contribution >= 4 is 56.5 Å². The molecule has 4 aromatic rings. The van der Waals surface area contributed by atoms with Gasteiger partial charge in [0.15, 0.2) is 5.82 Å². The molecule has 2 aromatic carbocycles. The van der Waals surface area contributed by atoms with Crippen LogP contribution in [0.15, 0.2) is 42.5 Å². The third-order valence-electron chi connectivity index (χ3n) is 7.52. The SMILES string of the molecule is COc1ccc(-c2nc(N3CCN(C(=O)c4ccc(Cl)c(Cl)c4)CC3)c3c4c(sc3n2)CC(C)CC4)cc1. The molecule has 6 nitrogen and oxygen atoms in total. The molecule has 1 unspecified atom stereocenters. The molecule has 2 aromatic heterocycles. The Morgan fingerprint density at radius 1 is 1.03 bits per heavy atom. The molecule has 0 saturated carbocycles. The van der Waals surface area contributed by atoms with Crippen molar-refractivity contribution in [3.05, 3.63) is 68.5 Å². The van der Waals surface area contributed by atoms with Gasteiger partial charge in [-0.15, -0.1) is 11.3 Å². The van der Waals surface area contributed by atoms with Gasteiger partial charge >= 0.3 is 0 Å². The molecule has 1 aliphatic carbocycles. The Morgan fingerprint density at radius 3 is 2.50 bits per heavy atom. The number of aromatic nitrogens is 2. The van der Waals surface area contributed by atoms with Gasteiger partial charge in [-0.2, -0.15) is 0 Å². The number of halogens is 2. The Bertz CT molecular complexity index is 1510. The molecule has 1 amide bonds. The van der Waals surface area contributed by atoms with Gasteiger partial charge in [0.05, 0.1) is 22.5 Å². The average Bonchev–Trinajstić information content (AvgIpc) is 3.31. The van der Waals surface area contributed by atoms with Crippen LogP contribution in [0.3, 0.4) is 0 Å². The van der Waals surface area contributed by atoms with Crippen LogP contribution in [0.5, 0.6) is 5.75 Å². The summed E-state index contributed by atoms with van der Waals surface area (Å²) < 4.78 is 5.34. The number of rotatable bonds is 4. The largest absolute Gasteiger partial charge is 0.497 e. The van der Waals surface area contributed by atoms with E-state index in [1.165, 1.54) is 22.2 Å². The monoisotopic (exact) mass is 566 g/mol. The van der Waals surface area contributed by atoms with E-state index in [4.69, 9.17) is 37.9 Å². The molecule has 38 heavy (non-hydrogen) atoms. The van der Waals surface area contributed by atoms with Crippen molar-refractivity contribution in [2.45, 2.75) is 26.2 Å². The second-order valence-electron chi connectivity index (χ2n) is 10.0. The van der Waals surface area contributed by atoms with Gasteiger partial charge in [-0.1, -0.05) is 30.1 Å². The van der Waals surface area contributed by atoms with Gasteiger partial charge < -0.3 is 14.5 Å². The first kappa shape index (κ1) is 25.4. The minimum atomic E-state index is -0.0307. The molecular weight excluding hydrogens is 539 g/mol. The number of aryl methyl sites for hydroxylation is 1. The summed E-state index contributed by atoms with van der Waals surface area (Å²) in [5.74, 6) is 3.16. The minimum absolute atomic E-state index is 0.0307. The van der Waals surface area contributed by atoms with Crippen LogP contribution in [0.1, 0.15) is 34.1 Å². The molecule has 1 fully saturated rings. The maximum absolute atomic E-state index is 13.2. The fraction of sp³-hybridized carbons (Fsp3) is 0.345. The van der Waals surface area contributed by atoms with Gasteiger partial charge in [-0.05, 0) is 73.2 Å². The summed E-state index contributed by atoms with van der Waals surface area (Å²) in [4.78, 5) is 30.0. The van der Waals surface area contributed by atoms with Crippen LogP contribution in [0.25, 0.3) is 21.6 Å². The van der Waals surface area contributed by atoms with E-state index in [9.17, 15) is 4.79 Å². The zero-order valence-corrected chi connectivity index (χ0v) is 23.7. The number of thiophene rings is 1. The van der Waals surface area contributed by atoms with Crippen molar-refractivity contribution in [2.24, 2.45) is 5.92 Å². The summed E-state index contributed by atoms with van der Waals surface area (Å²) in [5, 5.41) is 2.03. The van der Waals surface area contributed by atoms with Gasteiger partial charge in [0.25, 0.3) is 5.91 Å². The Kier molecular flexibility index (Phi) is 6.93. The Balaban J connectivity index is 1.33. The van der Waals surface area contributed by atoms with Crippen LogP contribution in [0.4, 0.5) is 5.82 Å². The highest BCUT2D eigenvalue weighted by atomic mass is 35.5. The number of carbonyl (C=O) groups excluding carboxylic acids is 1. The lowest BCUT2D eigenvalue weighted by Gasteiger charge is -2.36. The fourth-order valence-electron chi connectivity index (χ4n) is 5.35. The molecule has 1 atom stereocenters. The number of piperazine rings is 1. The van der Waals surface area contributed by atoms with E-state index in [0.717, 1.165) is 40.6 Å². The first-order valence-electron chi connectivity index (χ1n) is 12.9. The zero-order valence-electron chi connectivity index (χ0n) is 21.3. The molecule has 196 valence electrons. The Labute approximate surface area is 236 Å². The van der Waals surface area contributed by atoms with Crippen LogP contribution in [-0.4, -0.2) is 54.1 Å². The van der Waals surface area contributed by atoms with Crippen LogP contribution in [0.2, 0.25) is 10.0 Å². The minimum Gasteiger partial charge on any atom is -0.497 e. The molecule has 1 aliphatic heterocycles. The molecule has 0 spiro atoms. The van der Waals surface area contributed by atoms with Gasteiger partial charge in [-0.3, -0.25) is 4.79 Å². The third-order valence-corrected chi connectivity index (χ3v) is 9.40. The van der Waals surface area contributed by atoms with Crippen molar-refractivity contribution in [1.29, 1.82) is 0 Å². The summed E-state index contributed by atoms with van der Waals surface area (Å²) in [6.07, 6.45) is 3.34. The molecule has 1 saturated heterocycles. The molecule has 2 aliphatic rings. The molecule has 0 bridgehead atoms. The highest BCUT2D eigenvalue weighted by Gasteiger charge is 2.29. The Morgan fingerprint density at radius 2 is 1.79 bits per heavy atom. The number of carbonyl (C=O) groups is 1. The number of amides is 1. The van der Waals surface area contributed by atoms with E-state index >= 15 is 0 Å². The number of hydrogen-bond donors (Lipinski definition) is 0. The molecular formula is C29H28Cl2N4O2S. The number of hydrogen-bond acceptors (Lipinski definition) is 6. The predicted octanol–water partition coefficient (Wildman–Crippen LogP) is 6.76. The zero-order chi connectivity index (χ0) is 26.4. The molecule has 3 heterocycles. The van der Waals surface area contributed by atoms with Crippen LogP contribution < -0.4 is 9.64 Å². The second-order valence-corrected chi connectivity index (χ2v) is 11.9. The highest BCUT2D eigenvalue weighted by Crippen LogP contribution is 2.42. The number of ether oxygens (including phenoxy) is 1.